The summed E-state index contributed by atoms with van der Waals surface area (Å²) in [5, 5.41) is 5.08. The molecule has 0 radical (unpaired) electrons. The summed E-state index contributed by atoms with van der Waals surface area (Å²) in [7, 11) is 0. The SMILES string of the molecule is CCC(NC(=O)CC(C)CN)c1cccs1. The normalized spacial score (nSPS) is 14.4. The minimum absolute atomic E-state index is 0.0956. The highest BCUT2D eigenvalue weighted by molar-refractivity contribution is 7.10. The Labute approximate surface area is 101 Å². The van der Waals surface area contributed by atoms with E-state index in [9.17, 15) is 4.79 Å². The highest BCUT2D eigenvalue weighted by atomic mass is 32.1. The second-order valence-electron chi connectivity index (χ2n) is 4.09. The zero-order valence-corrected chi connectivity index (χ0v) is 10.7. The van der Waals surface area contributed by atoms with Gasteiger partial charge in [-0.05, 0) is 30.3 Å². The van der Waals surface area contributed by atoms with Crippen LogP contribution >= 0.6 is 11.3 Å². The summed E-state index contributed by atoms with van der Waals surface area (Å²) in [4.78, 5) is 12.9. The molecule has 0 fully saturated rings. The molecule has 0 bridgehead atoms. The van der Waals surface area contributed by atoms with Gasteiger partial charge in [0.25, 0.3) is 0 Å². The zero-order chi connectivity index (χ0) is 12.0. The van der Waals surface area contributed by atoms with Crippen LogP contribution in [0.3, 0.4) is 0 Å². The largest absolute Gasteiger partial charge is 0.348 e. The van der Waals surface area contributed by atoms with Crippen LogP contribution < -0.4 is 11.1 Å². The van der Waals surface area contributed by atoms with Gasteiger partial charge in [0, 0.05) is 11.3 Å². The molecule has 0 aliphatic heterocycles. The Hall–Kier alpha value is -0.870. The fourth-order valence-corrected chi connectivity index (χ4v) is 2.38. The minimum Gasteiger partial charge on any atom is -0.348 e. The molecule has 2 atom stereocenters. The second-order valence-corrected chi connectivity index (χ2v) is 5.07. The molecule has 16 heavy (non-hydrogen) atoms. The maximum atomic E-state index is 11.7. The highest BCUT2D eigenvalue weighted by Gasteiger charge is 2.14. The van der Waals surface area contributed by atoms with Crippen molar-refractivity contribution in [3.8, 4) is 0 Å². The summed E-state index contributed by atoms with van der Waals surface area (Å²) in [5.41, 5.74) is 5.50. The van der Waals surface area contributed by atoms with Crippen LogP contribution in [-0.4, -0.2) is 12.5 Å². The molecule has 1 aromatic heterocycles. The van der Waals surface area contributed by atoms with Crippen LogP contribution in [0.15, 0.2) is 17.5 Å². The fourth-order valence-electron chi connectivity index (χ4n) is 1.52. The van der Waals surface area contributed by atoms with Gasteiger partial charge in [0.1, 0.15) is 0 Å². The van der Waals surface area contributed by atoms with Crippen LogP contribution in [0.5, 0.6) is 0 Å². The molecular formula is C12H20N2OS. The van der Waals surface area contributed by atoms with Gasteiger partial charge in [-0.1, -0.05) is 19.9 Å². The van der Waals surface area contributed by atoms with Gasteiger partial charge in [0.05, 0.1) is 6.04 Å². The Morgan fingerprint density at radius 3 is 2.88 bits per heavy atom. The number of nitrogens with one attached hydrogen (secondary N) is 1. The van der Waals surface area contributed by atoms with Crippen molar-refractivity contribution in [1.29, 1.82) is 0 Å². The monoisotopic (exact) mass is 240 g/mol. The third kappa shape index (κ3) is 3.94. The van der Waals surface area contributed by atoms with E-state index in [0.717, 1.165) is 6.42 Å². The topological polar surface area (TPSA) is 55.1 Å². The average molecular weight is 240 g/mol. The lowest BCUT2D eigenvalue weighted by Gasteiger charge is -2.16. The lowest BCUT2D eigenvalue weighted by Crippen LogP contribution is -2.30. The zero-order valence-electron chi connectivity index (χ0n) is 9.90. The van der Waals surface area contributed by atoms with Gasteiger partial charge < -0.3 is 11.1 Å². The van der Waals surface area contributed by atoms with Gasteiger partial charge in [-0.2, -0.15) is 0 Å². The molecule has 0 aliphatic rings. The molecule has 0 aliphatic carbocycles. The van der Waals surface area contributed by atoms with Crippen LogP contribution in [-0.2, 0) is 4.79 Å². The first-order valence-corrected chi connectivity index (χ1v) is 6.58. The Kier molecular flexibility index (Phi) is 5.49. The average Bonchev–Trinajstić information content (AvgIpc) is 2.79. The standard InChI is InChI=1S/C12H20N2OS/c1-3-10(11-5-4-6-16-11)14-12(15)7-9(2)8-13/h4-6,9-10H,3,7-8,13H2,1-2H3,(H,14,15). The van der Waals surface area contributed by atoms with Crippen LogP contribution in [0.25, 0.3) is 0 Å². The molecule has 0 saturated carbocycles. The number of hydrogen-bond acceptors (Lipinski definition) is 3. The van der Waals surface area contributed by atoms with Gasteiger partial charge in [0.15, 0.2) is 0 Å². The van der Waals surface area contributed by atoms with Crippen molar-refractivity contribution in [2.24, 2.45) is 11.7 Å². The van der Waals surface area contributed by atoms with Crippen molar-refractivity contribution in [1.82, 2.24) is 5.32 Å². The molecule has 0 saturated heterocycles. The van der Waals surface area contributed by atoms with Crippen LogP contribution in [0.1, 0.15) is 37.6 Å². The van der Waals surface area contributed by atoms with Crippen molar-refractivity contribution in [2.45, 2.75) is 32.7 Å². The van der Waals surface area contributed by atoms with E-state index >= 15 is 0 Å². The Morgan fingerprint density at radius 2 is 2.38 bits per heavy atom. The van der Waals surface area contributed by atoms with E-state index in [1.807, 2.05) is 18.4 Å². The number of nitrogens with two attached hydrogens (primary N) is 1. The molecule has 0 aromatic carbocycles. The van der Waals surface area contributed by atoms with Gasteiger partial charge in [-0.25, -0.2) is 0 Å². The molecule has 1 aromatic rings. The van der Waals surface area contributed by atoms with E-state index in [-0.39, 0.29) is 17.9 Å². The summed E-state index contributed by atoms with van der Waals surface area (Å²) in [5.74, 6) is 0.346. The molecule has 0 spiro atoms. The first-order chi connectivity index (χ1) is 7.67. The van der Waals surface area contributed by atoms with Crippen LogP contribution in [0.4, 0.5) is 0 Å². The number of amides is 1. The smallest absolute Gasteiger partial charge is 0.220 e. The van der Waals surface area contributed by atoms with E-state index in [4.69, 9.17) is 5.73 Å². The lowest BCUT2D eigenvalue weighted by atomic mass is 10.1. The van der Waals surface area contributed by atoms with E-state index in [1.165, 1.54) is 4.88 Å². The van der Waals surface area contributed by atoms with Crippen LogP contribution in [0.2, 0.25) is 0 Å². The van der Waals surface area contributed by atoms with E-state index in [1.54, 1.807) is 11.3 Å². The van der Waals surface area contributed by atoms with Crippen molar-refractivity contribution in [3.63, 3.8) is 0 Å². The first-order valence-electron chi connectivity index (χ1n) is 5.70. The number of thiophene rings is 1. The summed E-state index contributed by atoms with van der Waals surface area (Å²) in [6, 6.07) is 4.22. The van der Waals surface area contributed by atoms with Gasteiger partial charge in [-0.15, -0.1) is 11.3 Å². The molecular weight excluding hydrogens is 220 g/mol. The lowest BCUT2D eigenvalue weighted by molar-refractivity contribution is -0.122. The number of rotatable bonds is 6. The van der Waals surface area contributed by atoms with Crippen molar-refractivity contribution < 1.29 is 4.79 Å². The molecule has 4 heteroatoms. The minimum atomic E-state index is 0.0956. The summed E-state index contributed by atoms with van der Waals surface area (Å²) < 4.78 is 0. The second kappa shape index (κ2) is 6.66. The number of hydrogen-bond donors (Lipinski definition) is 2. The third-order valence-corrected chi connectivity index (χ3v) is 3.55. The molecule has 1 heterocycles. The Morgan fingerprint density at radius 1 is 1.62 bits per heavy atom. The maximum Gasteiger partial charge on any atom is 0.220 e. The van der Waals surface area contributed by atoms with Crippen LogP contribution in [0, 0.1) is 5.92 Å². The Bertz CT molecular complexity index is 311. The molecule has 1 amide bonds. The molecule has 90 valence electrons. The van der Waals surface area contributed by atoms with E-state index < -0.39 is 0 Å². The predicted molar refractivity (Wildman–Crippen MR) is 68.3 cm³/mol. The molecule has 3 N–H and O–H groups in total. The molecule has 3 nitrogen and oxygen atoms in total. The van der Waals surface area contributed by atoms with Crippen molar-refractivity contribution >= 4 is 17.2 Å². The third-order valence-electron chi connectivity index (χ3n) is 2.57. The van der Waals surface area contributed by atoms with E-state index in [2.05, 4.69) is 18.3 Å². The highest BCUT2D eigenvalue weighted by Crippen LogP contribution is 2.21. The first kappa shape index (κ1) is 13.2. The van der Waals surface area contributed by atoms with Gasteiger partial charge in [0.2, 0.25) is 5.91 Å². The van der Waals surface area contributed by atoms with E-state index in [0.29, 0.717) is 13.0 Å². The number of carbonyl (C=O) groups excluding carboxylic acids is 1. The summed E-state index contributed by atoms with van der Waals surface area (Å²) in [6.45, 7) is 4.63. The van der Waals surface area contributed by atoms with Gasteiger partial charge in [-0.3, -0.25) is 4.79 Å². The fraction of sp³-hybridized carbons (Fsp3) is 0.583. The summed E-state index contributed by atoms with van der Waals surface area (Å²) >= 11 is 1.68. The van der Waals surface area contributed by atoms with Gasteiger partial charge >= 0.3 is 0 Å². The molecule has 1 rings (SSSR count). The maximum absolute atomic E-state index is 11.7. The predicted octanol–water partition coefficient (Wildman–Crippen LogP) is 2.30. The Balaban J connectivity index is 2.48. The quantitative estimate of drug-likeness (QED) is 0.801. The van der Waals surface area contributed by atoms with Crippen molar-refractivity contribution in [2.75, 3.05) is 6.54 Å². The molecule has 2 unspecified atom stereocenters. The van der Waals surface area contributed by atoms with Crippen molar-refractivity contribution in [3.05, 3.63) is 22.4 Å². The number of carbonyl (C=O) groups is 1. The summed E-state index contributed by atoms with van der Waals surface area (Å²) in [6.07, 6.45) is 1.43.